The van der Waals surface area contributed by atoms with Gasteiger partial charge in [0.1, 0.15) is 0 Å². The highest BCUT2D eigenvalue weighted by molar-refractivity contribution is 6.34. The Labute approximate surface area is 154 Å². The minimum absolute atomic E-state index is 0.130. The number of halogens is 1. The van der Waals surface area contributed by atoms with Gasteiger partial charge in [0.25, 0.3) is 11.6 Å². The average molecular weight is 377 g/mol. The van der Waals surface area contributed by atoms with Crippen LogP contribution in [0.3, 0.4) is 0 Å². The molecule has 0 heterocycles. The summed E-state index contributed by atoms with van der Waals surface area (Å²) >= 11 is 6.10. The number of hydrogen-bond acceptors (Lipinski definition) is 5. The third-order valence-corrected chi connectivity index (χ3v) is 3.78. The second-order valence-electron chi connectivity index (χ2n) is 5.68. The van der Waals surface area contributed by atoms with Crippen molar-refractivity contribution in [2.45, 2.75) is 6.92 Å². The lowest BCUT2D eigenvalue weighted by atomic mass is 10.1. The van der Waals surface area contributed by atoms with Crippen molar-refractivity contribution in [2.24, 2.45) is 0 Å². The van der Waals surface area contributed by atoms with Crippen molar-refractivity contribution in [1.82, 2.24) is 0 Å². The first-order valence-corrected chi connectivity index (χ1v) is 7.91. The van der Waals surface area contributed by atoms with Gasteiger partial charge in [0.2, 0.25) is 5.91 Å². The Balaban J connectivity index is 2.39. The summed E-state index contributed by atoms with van der Waals surface area (Å²) < 4.78 is 0. The molecule has 0 saturated carbocycles. The fraction of sp³-hybridized carbons (Fsp3) is 0.176. The van der Waals surface area contributed by atoms with Crippen molar-refractivity contribution in [3.8, 4) is 0 Å². The number of rotatable bonds is 5. The van der Waals surface area contributed by atoms with Crippen molar-refractivity contribution >= 4 is 46.2 Å². The van der Waals surface area contributed by atoms with Crippen LogP contribution in [-0.4, -0.2) is 30.8 Å². The van der Waals surface area contributed by atoms with Crippen LogP contribution < -0.4 is 15.5 Å². The van der Waals surface area contributed by atoms with Gasteiger partial charge in [-0.15, -0.1) is 0 Å². The fourth-order valence-corrected chi connectivity index (χ4v) is 2.47. The maximum Gasteiger partial charge on any atom is 0.270 e. The highest BCUT2D eigenvalue weighted by atomic mass is 35.5. The zero-order chi connectivity index (χ0) is 19.4. The maximum absolute atomic E-state index is 12.7. The van der Waals surface area contributed by atoms with Crippen LogP contribution in [0.15, 0.2) is 36.4 Å². The number of nitro groups is 1. The number of nitrogens with zero attached hydrogens (tertiary/aromatic N) is 2. The molecule has 2 rings (SSSR count). The van der Waals surface area contributed by atoms with Crippen LogP contribution >= 0.6 is 11.6 Å². The first kappa shape index (κ1) is 19.2. The van der Waals surface area contributed by atoms with E-state index in [9.17, 15) is 19.7 Å². The summed E-state index contributed by atoms with van der Waals surface area (Å²) in [5, 5.41) is 16.5. The van der Waals surface area contributed by atoms with E-state index in [4.69, 9.17) is 11.6 Å². The SMILES string of the molecule is CC(=O)Nc1ccc(Cl)c(NC(=O)c2cc([N+](=O)[O-])ccc2N(C)C)c1. The molecule has 0 fully saturated rings. The summed E-state index contributed by atoms with van der Waals surface area (Å²) in [5.74, 6) is -0.822. The summed E-state index contributed by atoms with van der Waals surface area (Å²) in [6, 6.07) is 8.67. The molecule has 0 aliphatic rings. The van der Waals surface area contributed by atoms with Gasteiger partial charge >= 0.3 is 0 Å². The number of benzene rings is 2. The Morgan fingerprint density at radius 2 is 1.81 bits per heavy atom. The van der Waals surface area contributed by atoms with Gasteiger partial charge in [-0.3, -0.25) is 19.7 Å². The number of hydrogen-bond donors (Lipinski definition) is 2. The van der Waals surface area contributed by atoms with E-state index in [2.05, 4.69) is 10.6 Å². The molecular formula is C17H17ClN4O4. The molecule has 0 aromatic heterocycles. The molecule has 0 radical (unpaired) electrons. The van der Waals surface area contributed by atoms with Crippen LogP contribution in [0.4, 0.5) is 22.7 Å². The number of carbonyl (C=O) groups is 2. The molecule has 0 unspecified atom stereocenters. The van der Waals surface area contributed by atoms with E-state index < -0.39 is 10.8 Å². The highest BCUT2D eigenvalue weighted by Gasteiger charge is 2.19. The van der Waals surface area contributed by atoms with Gasteiger partial charge in [-0.25, -0.2) is 0 Å². The molecule has 26 heavy (non-hydrogen) atoms. The fourth-order valence-electron chi connectivity index (χ4n) is 2.30. The molecule has 0 atom stereocenters. The zero-order valence-electron chi connectivity index (χ0n) is 14.4. The molecule has 0 bridgehead atoms. The van der Waals surface area contributed by atoms with Gasteiger partial charge in [-0.2, -0.15) is 0 Å². The van der Waals surface area contributed by atoms with Crippen molar-refractivity contribution in [3.63, 3.8) is 0 Å². The van der Waals surface area contributed by atoms with Gasteiger partial charge in [0.15, 0.2) is 0 Å². The van der Waals surface area contributed by atoms with Gasteiger partial charge < -0.3 is 15.5 Å². The molecule has 0 aliphatic heterocycles. The van der Waals surface area contributed by atoms with Crippen LogP contribution in [0.1, 0.15) is 17.3 Å². The number of amides is 2. The smallest absolute Gasteiger partial charge is 0.270 e. The van der Waals surface area contributed by atoms with Crippen LogP contribution in [0.25, 0.3) is 0 Å². The van der Waals surface area contributed by atoms with E-state index >= 15 is 0 Å². The monoisotopic (exact) mass is 376 g/mol. The third-order valence-electron chi connectivity index (χ3n) is 3.45. The van der Waals surface area contributed by atoms with E-state index in [0.29, 0.717) is 11.4 Å². The Hall–Kier alpha value is -3.13. The lowest BCUT2D eigenvalue weighted by molar-refractivity contribution is -0.384. The molecule has 2 amide bonds. The summed E-state index contributed by atoms with van der Waals surface area (Å²) in [5.41, 5.74) is 1.19. The van der Waals surface area contributed by atoms with E-state index in [1.807, 2.05) is 0 Å². The average Bonchev–Trinajstić information content (AvgIpc) is 2.56. The van der Waals surface area contributed by atoms with E-state index in [-0.39, 0.29) is 27.9 Å². The van der Waals surface area contributed by atoms with Crippen LogP contribution in [0.5, 0.6) is 0 Å². The quantitative estimate of drug-likeness (QED) is 0.613. The Morgan fingerprint density at radius 3 is 2.38 bits per heavy atom. The third kappa shape index (κ3) is 4.48. The molecule has 2 N–H and O–H groups in total. The molecule has 136 valence electrons. The molecule has 2 aromatic carbocycles. The predicted octanol–water partition coefficient (Wildman–Crippen LogP) is 3.52. The predicted molar refractivity (Wildman–Crippen MR) is 101 cm³/mol. The summed E-state index contributed by atoms with van der Waals surface area (Å²) in [6.07, 6.45) is 0. The molecule has 2 aromatic rings. The Morgan fingerprint density at radius 1 is 1.12 bits per heavy atom. The van der Waals surface area contributed by atoms with Crippen molar-refractivity contribution in [1.29, 1.82) is 0 Å². The zero-order valence-corrected chi connectivity index (χ0v) is 15.1. The normalized spacial score (nSPS) is 10.2. The minimum Gasteiger partial charge on any atom is -0.377 e. The molecule has 0 spiro atoms. The minimum atomic E-state index is -0.569. The molecule has 9 heteroatoms. The summed E-state index contributed by atoms with van der Waals surface area (Å²) in [7, 11) is 3.45. The lowest BCUT2D eigenvalue weighted by Crippen LogP contribution is -2.19. The number of carbonyl (C=O) groups excluding carboxylic acids is 2. The number of anilines is 3. The van der Waals surface area contributed by atoms with E-state index in [0.717, 1.165) is 0 Å². The number of non-ortho nitro benzene ring substituents is 1. The number of nitrogens with one attached hydrogen (secondary N) is 2. The van der Waals surface area contributed by atoms with Gasteiger partial charge in [0.05, 0.1) is 21.2 Å². The molecule has 0 saturated heterocycles. The van der Waals surface area contributed by atoms with Crippen LogP contribution in [0, 0.1) is 10.1 Å². The van der Waals surface area contributed by atoms with Gasteiger partial charge in [-0.05, 0) is 24.3 Å². The second kappa shape index (κ2) is 7.83. The standard InChI is InChI=1S/C17H17ClN4O4/c1-10(23)19-11-4-6-14(18)15(8-11)20-17(24)13-9-12(22(25)26)5-7-16(13)21(2)3/h4-9H,1-3H3,(H,19,23)(H,20,24). The molecule has 8 nitrogen and oxygen atoms in total. The summed E-state index contributed by atoms with van der Waals surface area (Å²) in [6.45, 7) is 1.36. The van der Waals surface area contributed by atoms with Crippen LogP contribution in [0.2, 0.25) is 5.02 Å². The topological polar surface area (TPSA) is 105 Å². The van der Waals surface area contributed by atoms with E-state index in [1.165, 1.54) is 37.3 Å². The Bertz CT molecular complexity index is 883. The maximum atomic E-state index is 12.7. The van der Waals surface area contributed by atoms with Gasteiger partial charge in [-0.1, -0.05) is 11.6 Å². The number of nitro benzene ring substituents is 1. The first-order valence-electron chi connectivity index (χ1n) is 7.53. The van der Waals surface area contributed by atoms with Gasteiger partial charge in [0, 0.05) is 44.5 Å². The van der Waals surface area contributed by atoms with Crippen molar-refractivity contribution in [3.05, 3.63) is 57.1 Å². The lowest BCUT2D eigenvalue weighted by Gasteiger charge is -2.17. The highest BCUT2D eigenvalue weighted by Crippen LogP contribution is 2.29. The second-order valence-corrected chi connectivity index (χ2v) is 6.09. The summed E-state index contributed by atoms with van der Waals surface area (Å²) in [4.78, 5) is 36.0. The largest absolute Gasteiger partial charge is 0.377 e. The Kier molecular flexibility index (Phi) is 5.78. The van der Waals surface area contributed by atoms with E-state index in [1.54, 1.807) is 25.1 Å². The molecule has 0 aliphatic carbocycles. The van der Waals surface area contributed by atoms with Crippen molar-refractivity contribution < 1.29 is 14.5 Å². The van der Waals surface area contributed by atoms with Crippen molar-refractivity contribution in [2.75, 3.05) is 29.6 Å². The molecular weight excluding hydrogens is 360 g/mol. The van der Waals surface area contributed by atoms with Crippen LogP contribution in [-0.2, 0) is 4.79 Å². The first-order chi connectivity index (χ1) is 12.2.